The molecule has 1 aliphatic heterocycles. The fraction of sp³-hybridized carbons (Fsp3) is 0.316. The van der Waals surface area contributed by atoms with Crippen LogP contribution in [0.5, 0.6) is 0 Å². The molecule has 142 valence electrons. The van der Waals surface area contributed by atoms with Crippen molar-refractivity contribution in [3.05, 3.63) is 63.9 Å². The predicted molar refractivity (Wildman–Crippen MR) is 101 cm³/mol. The molecule has 8 heteroatoms. The summed E-state index contributed by atoms with van der Waals surface area (Å²) in [6.07, 6.45) is 0.0926. The quantitative estimate of drug-likeness (QED) is 0.698. The number of amides is 1. The van der Waals surface area contributed by atoms with E-state index in [2.05, 4.69) is 15.9 Å². The van der Waals surface area contributed by atoms with Crippen molar-refractivity contribution >= 4 is 31.9 Å². The number of halogens is 2. The summed E-state index contributed by atoms with van der Waals surface area (Å²) >= 11 is 3.42. The summed E-state index contributed by atoms with van der Waals surface area (Å²) in [7, 11) is -3.96. The Morgan fingerprint density at radius 3 is 2.59 bits per heavy atom. The lowest BCUT2D eigenvalue weighted by Gasteiger charge is -2.41. The van der Waals surface area contributed by atoms with E-state index in [1.165, 1.54) is 17.0 Å². The van der Waals surface area contributed by atoms with Gasteiger partial charge in [0.15, 0.2) is 9.84 Å². The van der Waals surface area contributed by atoms with Crippen LogP contribution in [0.15, 0.2) is 51.8 Å². The van der Waals surface area contributed by atoms with E-state index in [1.807, 2.05) is 6.07 Å². The fourth-order valence-electron chi connectivity index (χ4n) is 4.55. The Morgan fingerprint density at radius 1 is 1.22 bits per heavy atom. The topological polar surface area (TPSA) is 74.7 Å². The monoisotopic (exact) mass is 453 g/mol. The number of hydrogen-bond acceptors (Lipinski definition) is 3. The maximum atomic E-state index is 13.8. The average molecular weight is 454 g/mol. The molecular weight excluding hydrogens is 437 g/mol. The van der Waals surface area contributed by atoms with Gasteiger partial charge in [-0.05, 0) is 66.8 Å². The molecule has 2 unspecified atom stereocenters. The molecule has 1 saturated heterocycles. The van der Waals surface area contributed by atoms with Gasteiger partial charge in [0.25, 0.3) is 0 Å². The maximum absolute atomic E-state index is 13.8. The van der Waals surface area contributed by atoms with E-state index in [0.717, 1.165) is 22.2 Å². The highest BCUT2D eigenvalue weighted by Crippen LogP contribution is 2.52. The molecule has 2 aliphatic rings. The normalized spacial score (nSPS) is 24.4. The second kappa shape index (κ2) is 6.31. The van der Waals surface area contributed by atoms with Crippen molar-refractivity contribution in [3.8, 4) is 0 Å². The average Bonchev–Trinajstić information content (AvgIpc) is 3.03. The summed E-state index contributed by atoms with van der Waals surface area (Å²) in [5.74, 6) is -0.519. The summed E-state index contributed by atoms with van der Waals surface area (Å²) in [6, 6.07) is 9.54. The highest BCUT2D eigenvalue weighted by atomic mass is 79.9. The lowest BCUT2D eigenvalue weighted by Crippen LogP contribution is -2.51. The molecule has 0 aromatic heterocycles. The van der Waals surface area contributed by atoms with Crippen LogP contribution in [-0.4, -0.2) is 37.1 Å². The first-order valence-corrected chi connectivity index (χ1v) is 10.8. The molecule has 27 heavy (non-hydrogen) atoms. The minimum atomic E-state index is -3.96. The third kappa shape index (κ3) is 2.61. The largest absolute Gasteiger partial charge is 0.465 e. The van der Waals surface area contributed by atoms with Crippen LogP contribution in [-0.2, 0) is 21.0 Å². The molecule has 0 bridgehead atoms. The number of carboxylic acid groups (broad SMARTS) is 1. The molecular formula is C19H17BrFNO4S. The van der Waals surface area contributed by atoms with Crippen molar-refractivity contribution in [2.24, 2.45) is 0 Å². The van der Waals surface area contributed by atoms with Gasteiger partial charge < -0.3 is 10.0 Å². The van der Waals surface area contributed by atoms with Gasteiger partial charge in [0.1, 0.15) is 10.6 Å². The Kier molecular flexibility index (Phi) is 4.31. The standard InChI is InChI=1S/C19H17BrFNO4S/c20-13-2-7-16-12(11-13)1-8-17-19(16,9-10-22(17)18(23)24)27(25,26)15-5-3-14(21)4-6-15/h2-7,11,17H,1,8-10H2,(H,23,24). The van der Waals surface area contributed by atoms with E-state index in [0.29, 0.717) is 18.4 Å². The van der Waals surface area contributed by atoms with Gasteiger partial charge in [-0.3, -0.25) is 0 Å². The molecule has 4 rings (SSSR count). The van der Waals surface area contributed by atoms with Crippen LogP contribution in [0.4, 0.5) is 9.18 Å². The van der Waals surface area contributed by atoms with E-state index in [9.17, 15) is 22.7 Å². The molecule has 1 N–H and O–H groups in total. The van der Waals surface area contributed by atoms with Gasteiger partial charge in [0.05, 0.1) is 10.9 Å². The van der Waals surface area contributed by atoms with Gasteiger partial charge in [-0.25, -0.2) is 17.6 Å². The highest BCUT2D eigenvalue weighted by Gasteiger charge is 2.60. The van der Waals surface area contributed by atoms with Crippen LogP contribution >= 0.6 is 15.9 Å². The van der Waals surface area contributed by atoms with E-state index < -0.39 is 32.5 Å². The van der Waals surface area contributed by atoms with E-state index in [4.69, 9.17) is 0 Å². The zero-order valence-electron chi connectivity index (χ0n) is 14.2. The number of sulfone groups is 1. The van der Waals surface area contributed by atoms with E-state index in [-0.39, 0.29) is 17.9 Å². The fourth-order valence-corrected chi connectivity index (χ4v) is 7.32. The van der Waals surface area contributed by atoms with E-state index >= 15 is 0 Å². The third-order valence-electron chi connectivity index (χ3n) is 5.70. The van der Waals surface area contributed by atoms with Gasteiger partial charge in [0.2, 0.25) is 0 Å². The Balaban J connectivity index is 1.98. The summed E-state index contributed by atoms with van der Waals surface area (Å²) in [4.78, 5) is 13.0. The zero-order valence-corrected chi connectivity index (χ0v) is 16.6. The van der Waals surface area contributed by atoms with Crippen molar-refractivity contribution < 1.29 is 22.7 Å². The van der Waals surface area contributed by atoms with Crippen LogP contribution in [0.2, 0.25) is 0 Å². The molecule has 1 heterocycles. The van der Waals surface area contributed by atoms with Crippen LogP contribution in [0, 0.1) is 5.82 Å². The summed E-state index contributed by atoms with van der Waals surface area (Å²) in [5, 5.41) is 9.61. The van der Waals surface area contributed by atoms with Gasteiger partial charge >= 0.3 is 6.09 Å². The minimum Gasteiger partial charge on any atom is -0.465 e. The second-order valence-corrected chi connectivity index (χ2v) is 10.1. The van der Waals surface area contributed by atoms with Crippen molar-refractivity contribution in [3.63, 3.8) is 0 Å². The molecule has 2 aromatic rings. The lowest BCUT2D eigenvalue weighted by molar-refractivity contribution is 0.132. The zero-order chi connectivity index (χ0) is 19.4. The molecule has 2 aromatic carbocycles. The number of nitrogens with zero attached hydrogens (tertiary/aromatic N) is 1. The number of benzene rings is 2. The summed E-state index contributed by atoms with van der Waals surface area (Å²) < 4.78 is 40.4. The highest BCUT2D eigenvalue weighted by molar-refractivity contribution is 9.10. The number of likely N-dealkylation sites (tertiary alicyclic amines) is 1. The van der Waals surface area contributed by atoms with Crippen LogP contribution in [0.3, 0.4) is 0 Å². The van der Waals surface area contributed by atoms with Gasteiger partial charge in [-0.1, -0.05) is 22.0 Å². The number of rotatable bonds is 2. The maximum Gasteiger partial charge on any atom is 0.407 e. The van der Waals surface area contributed by atoms with Gasteiger partial charge in [-0.15, -0.1) is 0 Å². The molecule has 1 aliphatic carbocycles. The first kappa shape index (κ1) is 18.4. The minimum absolute atomic E-state index is 0.0110. The molecule has 1 fully saturated rings. The van der Waals surface area contributed by atoms with Crippen molar-refractivity contribution in [1.82, 2.24) is 4.90 Å². The summed E-state index contributed by atoms with van der Waals surface area (Å²) in [5.41, 5.74) is 1.55. The number of carbonyl (C=O) groups is 1. The molecule has 0 saturated carbocycles. The Bertz CT molecular complexity index is 1020. The smallest absolute Gasteiger partial charge is 0.407 e. The lowest BCUT2D eigenvalue weighted by atomic mass is 9.78. The first-order chi connectivity index (χ1) is 12.8. The van der Waals surface area contributed by atoms with Crippen LogP contribution in [0.1, 0.15) is 24.0 Å². The predicted octanol–water partition coefficient (Wildman–Crippen LogP) is 3.96. The van der Waals surface area contributed by atoms with E-state index in [1.54, 1.807) is 12.1 Å². The number of aryl methyl sites for hydroxylation is 1. The second-order valence-electron chi connectivity index (χ2n) is 6.93. The number of hydrogen-bond donors (Lipinski definition) is 1. The Morgan fingerprint density at radius 2 is 1.93 bits per heavy atom. The van der Waals surface area contributed by atoms with Crippen molar-refractivity contribution in [2.75, 3.05) is 6.54 Å². The first-order valence-electron chi connectivity index (χ1n) is 8.56. The molecule has 0 radical (unpaired) electrons. The Hall–Kier alpha value is -1.93. The van der Waals surface area contributed by atoms with Crippen LogP contribution in [0.25, 0.3) is 0 Å². The van der Waals surface area contributed by atoms with Crippen LogP contribution < -0.4 is 0 Å². The molecule has 1 amide bonds. The molecule has 5 nitrogen and oxygen atoms in total. The Labute approximate surface area is 164 Å². The summed E-state index contributed by atoms with van der Waals surface area (Å²) in [6.45, 7) is 0.149. The molecule has 2 atom stereocenters. The SMILES string of the molecule is O=C(O)N1CCC2(S(=O)(=O)c3ccc(F)cc3)c3ccc(Br)cc3CCC12. The molecule has 0 spiro atoms. The third-order valence-corrected chi connectivity index (χ3v) is 8.74. The van der Waals surface area contributed by atoms with Gasteiger partial charge in [0, 0.05) is 11.0 Å². The van der Waals surface area contributed by atoms with Gasteiger partial charge in [-0.2, -0.15) is 0 Å². The number of fused-ring (bicyclic) bond motifs is 3. The van der Waals surface area contributed by atoms with Crippen molar-refractivity contribution in [1.29, 1.82) is 0 Å². The van der Waals surface area contributed by atoms with Crippen molar-refractivity contribution in [2.45, 2.75) is 34.9 Å².